The van der Waals surface area contributed by atoms with Crippen molar-refractivity contribution in [2.45, 2.75) is 18.0 Å². The van der Waals surface area contributed by atoms with Crippen molar-refractivity contribution >= 4 is 29.1 Å². The molecule has 0 atom stereocenters. The summed E-state index contributed by atoms with van der Waals surface area (Å²) in [4.78, 5) is 26.3. The predicted molar refractivity (Wildman–Crippen MR) is 102 cm³/mol. The monoisotopic (exact) mass is 382 g/mol. The van der Waals surface area contributed by atoms with Gasteiger partial charge in [-0.2, -0.15) is 0 Å². The number of carbonyl (C=O) groups is 2. The van der Waals surface area contributed by atoms with E-state index in [1.54, 1.807) is 33.9 Å². The van der Waals surface area contributed by atoms with Gasteiger partial charge in [-0.15, -0.1) is 10.2 Å². The topological polar surface area (TPSA) is 81.2 Å². The highest BCUT2D eigenvalue weighted by atomic mass is 32.2. The van der Waals surface area contributed by atoms with Crippen LogP contribution in [0.5, 0.6) is 0 Å². The zero-order chi connectivity index (χ0) is 18.8. The van der Waals surface area contributed by atoms with Crippen LogP contribution in [0.4, 0.5) is 5.69 Å². The third kappa shape index (κ3) is 3.52. The summed E-state index contributed by atoms with van der Waals surface area (Å²) >= 11 is 1.32. The first kappa shape index (κ1) is 17.5. The van der Waals surface area contributed by atoms with Crippen molar-refractivity contribution in [2.24, 2.45) is 7.05 Å². The average Bonchev–Trinajstić information content (AvgIpc) is 3.41. The fourth-order valence-electron chi connectivity index (χ4n) is 3.04. The van der Waals surface area contributed by atoms with Crippen LogP contribution in [-0.4, -0.2) is 38.8 Å². The van der Waals surface area contributed by atoms with Crippen molar-refractivity contribution in [1.29, 1.82) is 0 Å². The van der Waals surface area contributed by atoms with Crippen LogP contribution in [0.25, 0.3) is 11.6 Å². The molecule has 7 nitrogen and oxygen atoms in total. The fourth-order valence-corrected chi connectivity index (χ4v) is 3.85. The Kier molecular flexibility index (Phi) is 4.81. The molecule has 2 aromatic heterocycles. The molecular weight excluding hydrogens is 364 g/mol. The highest BCUT2D eigenvalue weighted by Gasteiger charge is 2.22. The van der Waals surface area contributed by atoms with Crippen LogP contribution in [0.15, 0.2) is 52.2 Å². The Morgan fingerprint density at radius 1 is 1.26 bits per heavy atom. The minimum atomic E-state index is -0.0176. The lowest BCUT2D eigenvalue weighted by Crippen LogP contribution is -2.23. The van der Waals surface area contributed by atoms with Gasteiger partial charge in [0.15, 0.2) is 22.5 Å². The second-order valence-corrected chi connectivity index (χ2v) is 7.20. The molecule has 0 aliphatic carbocycles. The Bertz CT molecular complexity index is 981. The molecule has 1 aromatic carbocycles. The van der Waals surface area contributed by atoms with Crippen LogP contribution in [0.2, 0.25) is 0 Å². The molecule has 0 unspecified atom stereocenters. The Hall–Kier alpha value is -2.87. The standard InChI is InChI=1S/C19H18N4O3S/c1-22-18(16-7-4-10-26-16)20-21-19(22)27-12-15(24)13-5-2-6-14(11-13)23-9-3-8-17(23)25/h2,4-7,10-11H,3,8-9,12H2,1H3. The number of anilines is 1. The fraction of sp³-hybridized carbons (Fsp3) is 0.263. The Labute approximate surface area is 160 Å². The van der Waals surface area contributed by atoms with Crippen LogP contribution >= 0.6 is 11.8 Å². The van der Waals surface area contributed by atoms with E-state index >= 15 is 0 Å². The smallest absolute Gasteiger partial charge is 0.227 e. The Balaban J connectivity index is 1.45. The minimum absolute atomic E-state index is 0.0176. The number of carbonyl (C=O) groups excluding carboxylic acids is 2. The van der Waals surface area contributed by atoms with E-state index in [1.165, 1.54) is 11.8 Å². The lowest BCUT2D eigenvalue weighted by molar-refractivity contribution is -0.117. The van der Waals surface area contributed by atoms with E-state index in [-0.39, 0.29) is 17.4 Å². The number of hydrogen-bond acceptors (Lipinski definition) is 6. The molecule has 27 heavy (non-hydrogen) atoms. The van der Waals surface area contributed by atoms with E-state index in [9.17, 15) is 9.59 Å². The number of nitrogens with zero attached hydrogens (tertiary/aromatic N) is 4. The molecule has 1 amide bonds. The van der Waals surface area contributed by atoms with Crippen molar-refractivity contribution in [2.75, 3.05) is 17.2 Å². The van der Waals surface area contributed by atoms with Gasteiger partial charge in [0, 0.05) is 31.3 Å². The van der Waals surface area contributed by atoms with Gasteiger partial charge in [-0.1, -0.05) is 23.9 Å². The van der Waals surface area contributed by atoms with Gasteiger partial charge in [-0.25, -0.2) is 0 Å². The maximum atomic E-state index is 12.6. The molecule has 0 N–H and O–H groups in total. The molecule has 0 radical (unpaired) electrons. The van der Waals surface area contributed by atoms with Gasteiger partial charge in [-0.3, -0.25) is 9.59 Å². The lowest BCUT2D eigenvalue weighted by Gasteiger charge is -2.16. The number of aromatic nitrogens is 3. The van der Waals surface area contributed by atoms with Gasteiger partial charge in [0.2, 0.25) is 5.91 Å². The Morgan fingerprint density at radius 3 is 2.89 bits per heavy atom. The quantitative estimate of drug-likeness (QED) is 0.481. The molecule has 1 aliphatic heterocycles. The molecular formula is C19H18N4O3S. The summed E-state index contributed by atoms with van der Waals surface area (Å²) < 4.78 is 7.15. The number of rotatable bonds is 6. The van der Waals surface area contributed by atoms with Crippen LogP contribution in [0, 0.1) is 0 Å². The zero-order valence-electron chi connectivity index (χ0n) is 14.8. The summed E-state index contributed by atoms with van der Waals surface area (Å²) in [5.41, 5.74) is 1.38. The summed E-state index contributed by atoms with van der Waals surface area (Å²) in [5.74, 6) is 1.58. The maximum Gasteiger partial charge on any atom is 0.227 e. The number of amides is 1. The first-order valence-corrected chi connectivity index (χ1v) is 9.62. The molecule has 0 saturated carbocycles. The predicted octanol–water partition coefficient (Wildman–Crippen LogP) is 3.18. The molecule has 1 saturated heterocycles. The van der Waals surface area contributed by atoms with Crippen molar-refractivity contribution in [1.82, 2.24) is 14.8 Å². The first-order valence-electron chi connectivity index (χ1n) is 8.63. The molecule has 3 aromatic rings. The normalized spacial score (nSPS) is 14.1. The minimum Gasteiger partial charge on any atom is -0.461 e. The van der Waals surface area contributed by atoms with Gasteiger partial charge < -0.3 is 13.9 Å². The maximum absolute atomic E-state index is 12.6. The van der Waals surface area contributed by atoms with E-state index in [0.717, 1.165) is 12.1 Å². The van der Waals surface area contributed by atoms with E-state index < -0.39 is 0 Å². The average molecular weight is 382 g/mol. The van der Waals surface area contributed by atoms with Crippen molar-refractivity contribution in [3.63, 3.8) is 0 Å². The van der Waals surface area contributed by atoms with Gasteiger partial charge >= 0.3 is 0 Å². The van der Waals surface area contributed by atoms with Crippen molar-refractivity contribution in [3.8, 4) is 11.6 Å². The van der Waals surface area contributed by atoms with E-state index in [4.69, 9.17) is 4.42 Å². The number of furan rings is 1. The lowest BCUT2D eigenvalue weighted by atomic mass is 10.1. The van der Waals surface area contributed by atoms with E-state index in [2.05, 4.69) is 10.2 Å². The molecule has 0 spiro atoms. The van der Waals surface area contributed by atoms with Gasteiger partial charge in [-0.05, 0) is 30.7 Å². The first-order chi connectivity index (χ1) is 13.1. The number of ketones is 1. The summed E-state index contributed by atoms with van der Waals surface area (Å²) in [6, 6.07) is 10.9. The number of hydrogen-bond donors (Lipinski definition) is 0. The van der Waals surface area contributed by atoms with E-state index in [0.29, 0.717) is 35.3 Å². The molecule has 0 bridgehead atoms. The van der Waals surface area contributed by atoms with E-state index in [1.807, 2.05) is 25.2 Å². The van der Waals surface area contributed by atoms with Gasteiger partial charge in [0.1, 0.15) is 0 Å². The second-order valence-electron chi connectivity index (χ2n) is 6.25. The summed E-state index contributed by atoms with van der Waals surface area (Å²) in [6.45, 7) is 0.708. The molecule has 138 valence electrons. The second kappa shape index (κ2) is 7.40. The highest BCUT2D eigenvalue weighted by molar-refractivity contribution is 7.99. The van der Waals surface area contributed by atoms with Crippen LogP contribution in [-0.2, 0) is 11.8 Å². The third-order valence-corrected chi connectivity index (χ3v) is 5.48. The van der Waals surface area contributed by atoms with Gasteiger partial charge in [0.05, 0.1) is 12.0 Å². The molecule has 1 fully saturated rings. The highest BCUT2D eigenvalue weighted by Crippen LogP contribution is 2.25. The zero-order valence-corrected chi connectivity index (χ0v) is 15.6. The van der Waals surface area contributed by atoms with Gasteiger partial charge in [0.25, 0.3) is 0 Å². The third-order valence-electron chi connectivity index (χ3n) is 4.46. The number of thioether (sulfide) groups is 1. The molecule has 3 heterocycles. The summed E-state index contributed by atoms with van der Waals surface area (Å²) in [7, 11) is 1.84. The Morgan fingerprint density at radius 2 is 2.15 bits per heavy atom. The SMILES string of the molecule is Cn1c(SCC(=O)c2cccc(N3CCCC3=O)c2)nnc1-c1ccco1. The molecule has 4 rings (SSSR count). The van der Waals surface area contributed by atoms with Crippen LogP contribution < -0.4 is 4.90 Å². The van der Waals surface area contributed by atoms with Crippen LogP contribution in [0.3, 0.4) is 0 Å². The molecule has 1 aliphatic rings. The molecule has 8 heteroatoms. The van der Waals surface area contributed by atoms with Crippen molar-refractivity contribution < 1.29 is 14.0 Å². The summed E-state index contributed by atoms with van der Waals surface area (Å²) in [6.07, 6.45) is 3.01. The number of benzene rings is 1. The van der Waals surface area contributed by atoms with Crippen molar-refractivity contribution in [3.05, 3.63) is 48.2 Å². The number of Topliss-reactive ketones (excluding diaryl/α,β-unsaturated/α-hetero) is 1. The summed E-state index contributed by atoms with van der Waals surface area (Å²) in [5, 5.41) is 8.90. The largest absolute Gasteiger partial charge is 0.461 e. The van der Waals surface area contributed by atoms with Crippen LogP contribution in [0.1, 0.15) is 23.2 Å².